The van der Waals surface area contributed by atoms with Crippen LogP contribution in [0, 0.1) is 5.41 Å². The molecule has 0 radical (unpaired) electrons. The van der Waals surface area contributed by atoms with Gasteiger partial charge < -0.3 is 15.7 Å². The third-order valence-electron chi connectivity index (χ3n) is 4.79. The van der Waals surface area contributed by atoms with Gasteiger partial charge in [0.15, 0.2) is 0 Å². The molecule has 1 heterocycles. The van der Waals surface area contributed by atoms with Crippen LogP contribution in [-0.2, 0) is 0 Å². The molecule has 2 aliphatic rings. The van der Waals surface area contributed by atoms with E-state index in [4.69, 9.17) is 5.73 Å². The molecule has 0 spiro atoms. The highest BCUT2D eigenvalue weighted by molar-refractivity contribution is 4.91. The van der Waals surface area contributed by atoms with Crippen molar-refractivity contribution < 1.29 is 5.11 Å². The van der Waals surface area contributed by atoms with Gasteiger partial charge in [-0.15, -0.1) is 0 Å². The molecule has 2 fully saturated rings. The van der Waals surface area contributed by atoms with E-state index in [1.54, 1.807) is 0 Å². The Morgan fingerprint density at radius 3 is 2.50 bits per heavy atom. The maximum atomic E-state index is 9.60. The van der Waals surface area contributed by atoms with Crippen LogP contribution in [0.15, 0.2) is 0 Å². The van der Waals surface area contributed by atoms with Gasteiger partial charge in [0.1, 0.15) is 0 Å². The van der Waals surface area contributed by atoms with Crippen molar-refractivity contribution in [3.63, 3.8) is 0 Å². The van der Waals surface area contributed by atoms with Crippen LogP contribution in [0.4, 0.5) is 0 Å². The van der Waals surface area contributed by atoms with Crippen molar-refractivity contribution in [1.29, 1.82) is 0 Å². The van der Waals surface area contributed by atoms with E-state index >= 15 is 0 Å². The fourth-order valence-corrected chi connectivity index (χ4v) is 3.44. The lowest BCUT2D eigenvalue weighted by Crippen LogP contribution is -2.41. The molecular formula is C13H26N2O. The second-order valence-corrected chi connectivity index (χ2v) is 5.92. The third kappa shape index (κ3) is 2.58. The molecule has 0 amide bonds. The molecular weight excluding hydrogens is 200 g/mol. The van der Waals surface area contributed by atoms with Gasteiger partial charge in [-0.1, -0.05) is 0 Å². The Balaban J connectivity index is 1.93. The van der Waals surface area contributed by atoms with E-state index in [0.29, 0.717) is 5.41 Å². The molecule has 94 valence electrons. The molecule has 0 aromatic heterocycles. The van der Waals surface area contributed by atoms with Crippen LogP contribution in [0.5, 0.6) is 0 Å². The predicted octanol–water partition coefficient (Wildman–Crippen LogP) is 1.35. The Labute approximate surface area is 99.0 Å². The summed E-state index contributed by atoms with van der Waals surface area (Å²) in [6.45, 7) is 2.04. The molecule has 0 aromatic rings. The SMILES string of the molecule is CN1CCCC1CC1(CN)CCC(O)CC1. The van der Waals surface area contributed by atoms with Crippen LogP contribution >= 0.6 is 0 Å². The highest BCUT2D eigenvalue weighted by atomic mass is 16.3. The Morgan fingerprint density at radius 1 is 1.31 bits per heavy atom. The van der Waals surface area contributed by atoms with Crippen molar-refractivity contribution in [2.45, 2.75) is 57.1 Å². The summed E-state index contributed by atoms with van der Waals surface area (Å²) < 4.78 is 0. The van der Waals surface area contributed by atoms with E-state index in [2.05, 4.69) is 11.9 Å². The summed E-state index contributed by atoms with van der Waals surface area (Å²) in [5, 5.41) is 9.60. The lowest BCUT2D eigenvalue weighted by atomic mass is 9.69. The number of hydrogen-bond donors (Lipinski definition) is 2. The Morgan fingerprint density at radius 2 is 2.00 bits per heavy atom. The Hall–Kier alpha value is -0.120. The average molecular weight is 226 g/mol. The number of nitrogens with zero attached hydrogens (tertiary/aromatic N) is 1. The summed E-state index contributed by atoms with van der Waals surface area (Å²) >= 11 is 0. The van der Waals surface area contributed by atoms with Crippen molar-refractivity contribution >= 4 is 0 Å². The lowest BCUT2D eigenvalue weighted by Gasteiger charge is -2.41. The summed E-state index contributed by atoms with van der Waals surface area (Å²) in [5.41, 5.74) is 6.33. The van der Waals surface area contributed by atoms with Gasteiger partial charge in [-0.2, -0.15) is 0 Å². The van der Waals surface area contributed by atoms with Crippen LogP contribution < -0.4 is 5.73 Å². The molecule has 3 heteroatoms. The number of likely N-dealkylation sites (tertiary alicyclic amines) is 1. The van der Waals surface area contributed by atoms with Gasteiger partial charge in [-0.25, -0.2) is 0 Å². The van der Waals surface area contributed by atoms with Gasteiger partial charge in [0.05, 0.1) is 6.10 Å². The van der Waals surface area contributed by atoms with E-state index in [1.807, 2.05) is 0 Å². The first kappa shape index (κ1) is 12.3. The maximum absolute atomic E-state index is 9.60. The fourth-order valence-electron chi connectivity index (χ4n) is 3.44. The largest absolute Gasteiger partial charge is 0.393 e. The Bertz CT molecular complexity index is 224. The second kappa shape index (κ2) is 5.03. The molecule has 3 nitrogen and oxygen atoms in total. The highest BCUT2D eigenvalue weighted by Crippen LogP contribution is 2.41. The van der Waals surface area contributed by atoms with Crippen LogP contribution in [0.3, 0.4) is 0 Å². The minimum Gasteiger partial charge on any atom is -0.393 e. The zero-order valence-corrected chi connectivity index (χ0v) is 10.5. The number of aliphatic hydroxyl groups is 1. The van der Waals surface area contributed by atoms with Crippen LogP contribution in [0.1, 0.15) is 44.9 Å². The summed E-state index contributed by atoms with van der Waals surface area (Å²) in [5.74, 6) is 0. The standard InChI is InChI=1S/C13H26N2O/c1-15-8-2-3-11(15)9-13(10-14)6-4-12(16)5-7-13/h11-12,16H,2-10,14H2,1H3. The molecule has 0 aromatic carbocycles. The van der Waals surface area contributed by atoms with Crippen molar-refractivity contribution in [2.75, 3.05) is 20.1 Å². The molecule has 2 rings (SSSR count). The fraction of sp³-hybridized carbons (Fsp3) is 1.00. The van der Waals surface area contributed by atoms with E-state index < -0.39 is 0 Å². The maximum Gasteiger partial charge on any atom is 0.0540 e. The zero-order chi connectivity index (χ0) is 11.6. The molecule has 1 aliphatic carbocycles. The lowest BCUT2D eigenvalue weighted by molar-refractivity contribution is 0.0486. The Kier molecular flexibility index (Phi) is 3.88. The summed E-state index contributed by atoms with van der Waals surface area (Å²) in [6.07, 6.45) is 7.99. The molecule has 1 aliphatic heterocycles. The van der Waals surface area contributed by atoms with Gasteiger partial charge >= 0.3 is 0 Å². The van der Waals surface area contributed by atoms with E-state index in [-0.39, 0.29) is 6.10 Å². The van der Waals surface area contributed by atoms with Crippen molar-refractivity contribution in [3.05, 3.63) is 0 Å². The topological polar surface area (TPSA) is 49.5 Å². The number of aliphatic hydroxyl groups excluding tert-OH is 1. The van der Waals surface area contributed by atoms with Crippen LogP contribution in [-0.4, -0.2) is 42.3 Å². The van der Waals surface area contributed by atoms with Gasteiger partial charge in [0.25, 0.3) is 0 Å². The smallest absolute Gasteiger partial charge is 0.0540 e. The monoisotopic (exact) mass is 226 g/mol. The number of rotatable bonds is 3. The summed E-state index contributed by atoms with van der Waals surface area (Å²) in [6, 6.07) is 0.735. The molecule has 1 unspecified atom stereocenters. The molecule has 1 saturated carbocycles. The average Bonchev–Trinajstić information content (AvgIpc) is 2.68. The van der Waals surface area contributed by atoms with Gasteiger partial charge in [-0.05, 0) is 70.5 Å². The predicted molar refractivity (Wildman–Crippen MR) is 66.2 cm³/mol. The quantitative estimate of drug-likeness (QED) is 0.764. The minimum absolute atomic E-state index is 0.0685. The molecule has 0 bridgehead atoms. The van der Waals surface area contributed by atoms with Gasteiger partial charge in [-0.3, -0.25) is 0 Å². The van der Waals surface area contributed by atoms with Gasteiger partial charge in [0.2, 0.25) is 0 Å². The first-order valence-corrected chi connectivity index (χ1v) is 6.74. The van der Waals surface area contributed by atoms with E-state index in [0.717, 1.165) is 38.3 Å². The second-order valence-electron chi connectivity index (χ2n) is 5.92. The van der Waals surface area contributed by atoms with E-state index in [9.17, 15) is 5.11 Å². The molecule has 1 saturated heterocycles. The number of hydrogen-bond acceptors (Lipinski definition) is 3. The third-order valence-corrected chi connectivity index (χ3v) is 4.79. The molecule has 3 N–H and O–H groups in total. The van der Waals surface area contributed by atoms with Crippen molar-refractivity contribution in [2.24, 2.45) is 11.1 Å². The summed E-state index contributed by atoms with van der Waals surface area (Å²) in [4.78, 5) is 2.49. The van der Waals surface area contributed by atoms with E-state index in [1.165, 1.54) is 25.8 Å². The van der Waals surface area contributed by atoms with Gasteiger partial charge in [0, 0.05) is 6.04 Å². The highest BCUT2D eigenvalue weighted by Gasteiger charge is 2.37. The molecule has 1 atom stereocenters. The zero-order valence-electron chi connectivity index (χ0n) is 10.5. The first-order chi connectivity index (χ1) is 7.65. The van der Waals surface area contributed by atoms with Crippen LogP contribution in [0.25, 0.3) is 0 Å². The number of nitrogens with two attached hydrogens (primary N) is 1. The van der Waals surface area contributed by atoms with Crippen LogP contribution in [0.2, 0.25) is 0 Å². The normalized spacial score (nSPS) is 41.4. The molecule has 16 heavy (non-hydrogen) atoms. The van der Waals surface area contributed by atoms with Crippen molar-refractivity contribution in [3.8, 4) is 0 Å². The minimum atomic E-state index is -0.0685. The summed E-state index contributed by atoms with van der Waals surface area (Å²) in [7, 11) is 2.24. The van der Waals surface area contributed by atoms with Crippen molar-refractivity contribution in [1.82, 2.24) is 4.90 Å². The first-order valence-electron chi connectivity index (χ1n) is 6.74.